The number of anilines is 1. The molecule has 0 saturated heterocycles. The number of aromatic nitrogens is 1. The maximum Gasteiger partial charge on any atom is 0.324 e. The topological polar surface area (TPSA) is 63.2 Å². The molecule has 0 fully saturated rings. The molecule has 1 aromatic carbocycles. The van der Waals surface area contributed by atoms with Crippen molar-refractivity contribution in [1.82, 2.24) is 10.3 Å². The number of ether oxygens (including phenoxy) is 1. The monoisotopic (exact) mass is 375 g/mol. The molecule has 0 aliphatic carbocycles. The molecule has 0 aliphatic rings. The average Bonchev–Trinajstić information content (AvgIpc) is 2.51. The Hall–Kier alpha value is -2.02. The van der Waals surface area contributed by atoms with Gasteiger partial charge in [-0.05, 0) is 36.4 Å². The molecule has 0 aliphatic heterocycles. The van der Waals surface area contributed by atoms with Crippen molar-refractivity contribution in [2.45, 2.75) is 0 Å². The van der Waals surface area contributed by atoms with Gasteiger partial charge in [0.25, 0.3) is 0 Å². The minimum absolute atomic E-state index is 0.117. The van der Waals surface area contributed by atoms with Crippen molar-refractivity contribution in [1.29, 1.82) is 0 Å². The van der Waals surface area contributed by atoms with Gasteiger partial charge in [0, 0.05) is 6.20 Å². The fraction of sp³-hybridized carbons (Fsp3) is 0. The normalized spacial score (nSPS) is 9.91. The minimum atomic E-state index is -0.689. The molecule has 120 valence electrons. The molecule has 0 atom stereocenters. The van der Waals surface area contributed by atoms with Crippen molar-refractivity contribution >= 4 is 46.5 Å². The maximum absolute atomic E-state index is 12.9. The first kappa shape index (κ1) is 17.3. The Morgan fingerprint density at radius 1 is 1.13 bits per heavy atom. The highest BCUT2D eigenvalue weighted by Gasteiger charge is 2.11. The van der Waals surface area contributed by atoms with Gasteiger partial charge in [-0.15, -0.1) is 0 Å². The molecule has 2 aromatic rings. The molecule has 1 heterocycles. The van der Waals surface area contributed by atoms with Gasteiger partial charge in [0.15, 0.2) is 0 Å². The van der Waals surface area contributed by atoms with Crippen LogP contribution in [0.5, 0.6) is 11.6 Å². The van der Waals surface area contributed by atoms with E-state index < -0.39 is 11.8 Å². The molecule has 1 aromatic heterocycles. The van der Waals surface area contributed by atoms with Gasteiger partial charge in [0.1, 0.15) is 26.9 Å². The summed E-state index contributed by atoms with van der Waals surface area (Å²) in [6.45, 7) is 0. The first-order valence-electron chi connectivity index (χ1n) is 6.13. The van der Waals surface area contributed by atoms with Crippen molar-refractivity contribution < 1.29 is 13.9 Å². The molecule has 0 radical (unpaired) electrons. The third kappa shape index (κ3) is 5.28. The van der Waals surface area contributed by atoms with E-state index in [1.54, 1.807) is 12.1 Å². The van der Waals surface area contributed by atoms with Gasteiger partial charge in [-0.3, -0.25) is 5.32 Å². The largest absolute Gasteiger partial charge is 0.437 e. The number of hydrogen-bond donors (Lipinski definition) is 2. The minimum Gasteiger partial charge on any atom is -0.437 e. The van der Waals surface area contributed by atoms with Crippen molar-refractivity contribution in [2.24, 2.45) is 0 Å². The van der Waals surface area contributed by atoms with Crippen LogP contribution in [0.3, 0.4) is 0 Å². The predicted octanol–water partition coefficient (Wildman–Crippen LogP) is 4.98. The number of urea groups is 1. The molecule has 0 unspecified atom stereocenters. The molecule has 5 nitrogen and oxygen atoms in total. The molecule has 2 N–H and O–H groups in total. The number of hydrogen-bond acceptors (Lipinski definition) is 3. The second-order valence-electron chi connectivity index (χ2n) is 4.07. The highest BCUT2D eigenvalue weighted by Crippen LogP contribution is 2.27. The Bertz CT molecular complexity index is 734. The van der Waals surface area contributed by atoms with Crippen LogP contribution in [0.1, 0.15) is 0 Å². The van der Waals surface area contributed by atoms with Gasteiger partial charge in [-0.1, -0.05) is 34.8 Å². The van der Waals surface area contributed by atoms with Crippen LogP contribution in [0, 0.1) is 5.82 Å². The third-order valence-corrected chi connectivity index (χ3v) is 3.29. The molecular formula is C14H9Cl3FN3O2. The van der Waals surface area contributed by atoms with Gasteiger partial charge >= 0.3 is 6.03 Å². The molecule has 9 heteroatoms. The van der Waals surface area contributed by atoms with Crippen LogP contribution in [0.25, 0.3) is 0 Å². The van der Waals surface area contributed by atoms with Gasteiger partial charge in [0.05, 0.1) is 0 Å². The van der Waals surface area contributed by atoms with Crippen LogP contribution >= 0.6 is 34.8 Å². The van der Waals surface area contributed by atoms with E-state index in [4.69, 9.17) is 39.5 Å². The number of amides is 2. The lowest BCUT2D eigenvalue weighted by Crippen LogP contribution is -2.26. The number of nitrogens with zero attached hydrogens (tertiary/aromatic N) is 1. The summed E-state index contributed by atoms with van der Waals surface area (Å²) in [5.41, 5.74) is 0.268. The zero-order valence-corrected chi connectivity index (χ0v) is 13.6. The first-order valence-corrected chi connectivity index (χ1v) is 7.26. The molecule has 0 bridgehead atoms. The highest BCUT2D eigenvalue weighted by atomic mass is 35.5. The Balaban J connectivity index is 2.13. The number of carbonyl (C=O) groups is 1. The number of benzene rings is 1. The molecule has 2 amide bonds. The number of nitrogens with one attached hydrogen (secondary N) is 2. The van der Waals surface area contributed by atoms with Crippen molar-refractivity contribution in [2.75, 3.05) is 5.32 Å². The number of rotatable bonds is 4. The highest BCUT2D eigenvalue weighted by molar-refractivity contribution is 6.59. The lowest BCUT2D eigenvalue weighted by atomic mass is 10.3. The quantitative estimate of drug-likeness (QED) is 0.740. The summed E-state index contributed by atoms with van der Waals surface area (Å²) >= 11 is 16.5. The Morgan fingerprint density at radius 2 is 1.83 bits per heavy atom. The van der Waals surface area contributed by atoms with Gasteiger partial charge in [-0.2, -0.15) is 0 Å². The van der Waals surface area contributed by atoms with Crippen molar-refractivity contribution in [3.05, 3.63) is 58.1 Å². The molecule has 0 saturated carbocycles. The predicted molar refractivity (Wildman–Crippen MR) is 87.5 cm³/mol. The Kier molecular flexibility index (Phi) is 6.04. The molecular weight excluding hydrogens is 368 g/mol. The zero-order valence-electron chi connectivity index (χ0n) is 11.3. The maximum atomic E-state index is 12.9. The van der Waals surface area contributed by atoms with Crippen LogP contribution in [-0.2, 0) is 0 Å². The van der Waals surface area contributed by atoms with Crippen LogP contribution < -0.4 is 15.4 Å². The van der Waals surface area contributed by atoms with Crippen LogP contribution in [-0.4, -0.2) is 11.0 Å². The van der Waals surface area contributed by atoms with E-state index in [0.717, 1.165) is 0 Å². The SMILES string of the molecule is O=C(NC(Cl)=C(Cl)Cl)Nc1cccnc1Oc1ccc(F)cc1. The third-order valence-electron chi connectivity index (χ3n) is 2.44. The van der Waals surface area contributed by atoms with E-state index in [-0.39, 0.29) is 21.2 Å². The fourth-order valence-corrected chi connectivity index (χ4v) is 1.66. The van der Waals surface area contributed by atoms with Crippen LogP contribution in [0.15, 0.2) is 52.2 Å². The second-order valence-corrected chi connectivity index (χ2v) is 5.39. The van der Waals surface area contributed by atoms with E-state index >= 15 is 0 Å². The lowest BCUT2D eigenvalue weighted by molar-refractivity contribution is 0.254. The van der Waals surface area contributed by atoms with Crippen LogP contribution in [0.2, 0.25) is 0 Å². The second kappa shape index (κ2) is 8.01. The van der Waals surface area contributed by atoms with E-state index in [1.807, 2.05) is 0 Å². The number of carbonyl (C=O) groups excluding carboxylic acids is 1. The summed E-state index contributed by atoms with van der Waals surface area (Å²) in [5.74, 6) is 0.0806. The number of halogens is 4. The number of pyridine rings is 1. The summed E-state index contributed by atoms with van der Waals surface area (Å²) in [7, 11) is 0. The summed E-state index contributed by atoms with van der Waals surface area (Å²) in [6.07, 6.45) is 1.48. The van der Waals surface area contributed by atoms with E-state index in [0.29, 0.717) is 5.75 Å². The van der Waals surface area contributed by atoms with E-state index in [9.17, 15) is 9.18 Å². The summed E-state index contributed by atoms with van der Waals surface area (Å²) in [4.78, 5) is 15.8. The smallest absolute Gasteiger partial charge is 0.324 e. The first-order chi connectivity index (χ1) is 11.0. The lowest BCUT2D eigenvalue weighted by Gasteiger charge is -2.11. The van der Waals surface area contributed by atoms with Crippen molar-refractivity contribution in [3.63, 3.8) is 0 Å². The van der Waals surface area contributed by atoms with Gasteiger partial charge in [0.2, 0.25) is 5.88 Å². The summed E-state index contributed by atoms with van der Waals surface area (Å²) in [6, 6.07) is 7.81. The molecule has 2 rings (SSSR count). The van der Waals surface area contributed by atoms with Crippen LogP contribution in [0.4, 0.5) is 14.9 Å². The molecule has 0 spiro atoms. The summed E-state index contributed by atoms with van der Waals surface area (Å²) in [5, 5.41) is 4.48. The Morgan fingerprint density at radius 3 is 2.48 bits per heavy atom. The average molecular weight is 377 g/mol. The van der Waals surface area contributed by atoms with Gasteiger partial charge in [-0.25, -0.2) is 14.2 Å². The summed E-state index contributed by atoms with van der Waals surface area (Å²) < 4.78 is 18.1. The van der Waals surface area contributed by atoms with E-state index in [2.05, 4.69) is 15.6 Å². The van der Waals surface area contributed by atoms with Gasteiger partial charge < -0.3 is 10.1 Å². The van der Waals surface area contributed by atoms with E-state index in [1.165, 1.54) is 30.5 Å². The fourth-order valence-electron chi connectivity index (χ4n) is 1.48. The standard InChI is InChI=1S/C14H9Cl3FN3O2/c15-11(16)12(17)21-14(22)20-10-2-1-7-19-13(10)23-9-5-3-8(18)4-6-9/h1-7H,(H2,20,21,22). The Labute approximate surface area is 146 Å². The molecule has 23 heavy (non-hydrogen) atoms. The zero-order chi connectivity index (χ0) is 16.8. The van der Waals surface area contributed by atoms with Crippen molar-refractivity contribution in [3.8, 4) is 11.6 Å².